The van der Waals surface area contributed by atoms with E-state index in [4.69, 9.17) is 26.7 Å². The van der Waals surface area contributed by atoms with Crippen LogP contribution in [0.4, 0.5) is 0 Å². The van der Waals surface area contributed by atoms with Crippen LogP contribution in [-0.2, 0) is 16.6 Å². The number of carbonyl (C=O) groups is 1. The molecule has 0 saturated heterocycles. The highest BCUT2D eigenvalue weighted by Crippen LogP contribution is 2.26. The number of benzene rings is 2. The van der Waals surface area contributed by atoms with Gasteiger partial charge >= 0.3 is 5.97 Å². The standard InChI is InChI=1S/C18H13ClN4O4S/c19-13-3-1-12(2-4-13)16-11-22-23(10-9-20)17(16)18(24)27-14-5-7-15(8-6-14)28(21,25)26/h1-8,11H,10H2,(H2,21,25,26). The van der Waals surface area contributed by atoms with E-state index < -0.39 is 16.0 Å². The van der Waals surface area contributed by atoms with Crippen LogP contribution in [0.5, 0.6) is 5.75 Å². The van der Waals surface area contributed by atoms with Crippen LogP contribution in [0.2, 0.25) is 5.02 Å². The smallest absolute Gasteiger partial charge is 0.362 e. The number of primary sulfonamides is 1. The molecule has 142 valence electrons. The molecule has 0 spiro atoms. The summed E-state index contributed by atoms with van der Waals surface area (Å²) in [4.78, 5) is 12.6. The van der Waals surface area contributed by atoms with Gasteiger partial charge in [-0.3, -0.25) is 0 Å². The van der Waals surface area contributed by atoms with Crippen molar-refractivity contribution < 1.29 is 17.9 Å². The molecule has 8 nitrogen and oxygen atoms in total. The molecule has 3 aromatic rings. The van der Waals surface area contributed by atoms with Gasteiger partial charge in [0.15, 0.2) is 5.69 Å². The zero-order valence-corrected chi connectivity index (χ0v) is 15.8. The lowest BCUT2D eigenvalue weighted by Crippen LogP contribution is -2.17. The van der Waals surface area contributed by atoms with Gasteiger partial charge in [-0.15, -0.1) is 0 Å². The average Bonchev–Trinajstić information content (AvgIpc) is 3.06. The molecule has 0 radical (unpaired) electrons. The summed E-state index contributed by atoms with van der Waals surface area (Å²) >= 11 is 5.90. The predicted molar refractivity (Wildman–Crippen MR) is 101 cm³/mol. The van der Waals surface area contributed by atoms with E-state index >= 15 is 0 Å². The zero-order valence-electron chi connectivity index (χ0n) is 14.2. The van der Waals surface area contributed by atoms with Gasteiger partial charge in [0.25, 0.3) is 0 Å². The van der Waals surface area contributed by atoms with E-state index in [-0.39, 0.29) is 22.9 Å². The molecule has 1 heterocycles. The van der Waals surface area contributed by atoms with Crippen LogP contribution < -0.4 is 9.88 Å². The van der Waals surface area contributed by atoms with Crippen molar-refractivity contribution in [1.82, 2.24) is 9.78 Å². The summed E-state index contributed by atoms with van der Waals surface area (Å²) in [6.07, 6.45) is 1.46. The first-order chi connectivity index (χ1) is 13.3. The maximum atomic E-state index is 12.8. The molecule has 0 bridgehead atoms. The van der Waals surface area contributed by atoms with Gasteiger partial charge in [-0.2, -0.15) is 10.4 Å². The number of carbonyl (C=O) groups excluding carboxylic acids is 1. The molecule has 10 heteroatoms. The van der Waals surface area contributed by atoms with E-state index in [2.05, 4.69) is 5.10 Å². The fourth-order valence-corrected chi connectivity index (χ4v) is 3.12. The summed E-state index contributed by atoms with van der Waals surface area (Å²) in [5.74, 6) is -0.634. The summed E-state index contributed by atoms with van der Waals surface area (Å²) < 4.78 is 29.2. The third-order valence-electron chi connectivity index (χ3n) is 3.77. The van der Waals surface area contributed by atoms with Crippen molar-refractivity contribution in [3.05, 3.63) is 65.4 Å². The Morgan fingerprint density at radius 2 is 1.82 bits per heavy atom. The summed E-state index contributed by atoms with van der Waals surface area (Å²) in [5, 5.41) is 18.6. The molecule has 0 aliphatic carbocycles. The number of sulfonamides is 1. The van der Waals surface area contributed by atoms with Gasteiger partial charge in [0.2, 0.25) is 10.0 Å². The Balaban J connectivity index is 1.95. The number of esters is 1. The van der Waals surface area contributed by atoms with Crippen molar-refractivity contribution >= 4 is 27.6 Å². The third-order valence-corrected chi connectivity index (χ3v) is 4.95. The first-order valence-corrected chi connectivity index (χ1v) is 9.76. The summed E-state index contributed by atoms with van der Waals surface area (Å²) in [6.45, 7) is -0.150. The van der Waals surface area contributed by atoms with Gasteiger partial charge in [-0.1, -0.05) is 23.7 Å². The molecule has 0 aliphatic rings. The van der Waals surface area contributed by atoms with E-state index in [1.54, 1.807) is 24.3 Å². The highest BCUT2D eigenvalue weighted by molar-refractivity contribution is 7.89. The van der Waals surface area contributed by atoms with Crippen LogP contribution in [0.1, 0.15) is 10.5 Å². The molecule has 0 saturated carbocycles. The number of nitrogens with two attached hydrogens (primary N) is 1. The second-order valence-electron chi connectivity index (χ2n) is 5.64. The van der Waals surface area contributed by atoms with Crippen molar-refractivity contribution in [2.24, 2.45) is 5.14 Å². The molecule has 2 N–H and O–H groups in total. The highest BCUT2D eigenvalue weighted by atomic mass is 35.5. The van der Waals surface area contributed by atoms with Crippen molar-refractivity contribution in [2.45, 2.75) is 11.4 Å². The quantitative estimate of drug-likeness (QED) is 0.502. The van der Waals surface area contributed by atoms with Crippen LogP contribution >= 0.6 is 11.6 Å². The van der Waals surface area contributed by atoms with Gasteiger partial charge in [-0.05, 0) is 42.0 Å². The van der Waals surface area contributed by atoms with Gasteiger partial charge in [0.1, 0.15) is 12.3 Å². The topological polar surface area (TPSA) is 128 Å². The molecule has 0 atom stereocenters. The van der Waals surface area contributed by atoms with Crippen LogP contribution in [0.15, 0.2) is 59.6 Å². The lowest BCUT2D eigenvalue weighted by atomic mass is 10.1. The number of halogens is 1. The predicted octanol–water partition coefficient (Wildman–Crippen LogP) is 2.59. The first-order valence-electron chi connectivity index (χ1n) is 7.83. The molecular formula is C18H13ClN4O4S. The van der Waals surface area contributed by atoms with Crippen LogP contribution in [0, 0.1) is 11.3 Å². The summed E-state index contributed by atoms with van der Waals surface area (Å²) in [7, 11) is -3.85. The molecule has 0 unspecified atom stereocenters. The Kier molecular flexibility index (Phi) is 5.46. The van der Waals surface area contributed by atoms with E-state index in [0.717, 1.165) is 0 Å². The lowest BCUT2D eigenvalue weighted by Gasteiger charge is -2.08. The Morgan fingerprint density at radius 1 is 1.18 bits per heavy atom. The van der Waals surface area contributed by atoms with E-state index in [0.29, 0.717) is 16.1 Å². The third kappa shape index (κ3) is 4.20. The number of hydrogen-bond acceptors (Lipinski definition) is 6. The number of nitrogens with zero attached hydrogens (tertiary/aromatic N) is 3. The minimum Gasteiger partial charge on any atom is -0.422 e. The minimum atomic E-state index is -3.85. The Hall–Kier alpha value is -3.19. The van der Waals surface area contributed by atoms with Gasteiger partial charge in [0.05, 0.1) is 17.2 Å². The normalized spacial score (nSPS) is 11.0. The molecule has 2 aromatic carbocycles. The second kappa shape index (κ2) is 7.82. The number of aromatic nitrogens is 2. The molecule has 0 amide bonds. The summed E-state index contributed by atoms with van der Waals surface area (Å²) in [6, 6.07) is 13.8. The number of ether oxygens (including phenoxy) is 1. The van der Waals surface area contributed by atoms with E-state index in [1.807, 2.05) is 6.07 Å². The van der Waals surface area contributed by atoms with Crippen molar-refractivity contribution in [3.8, 4) is 22.9 Å². The number of rotatable bonds is 5. The van der Waals surface area contributed by atoms with Crippen LogP contribution in [0.3, 0.4) is 0 Å². The average molecular weight is 417 g/mol. The fourth-order valence-electron chi connectivity index (χ4n) is 2.48. The maximum absolute atomic E-state index is 12.8. The molecule has 0 aliphatic heterocycles. The van der Waals surface area contributed by atoms with Gasteiger partial charge < -0.3 is 4.74 Å². The monoisotopic (exact) mass is 416 g/mol. The van der Waals surface area contributed by atoms with Gasteiger partial charge in [0, 0.05) is 10.6 Å². The zero-order chi connectivity index (χ0) is 20.3. The Bertz CT molecular complexity index is 1160. The minimum absolute atomic E-state index is 0.0828. The number of hydrogen-bond donors (Lipinski definition) is 1. The second-order valence-corrected chi connectivity index (χ2v) is 7.63. The van der Waals surface area contributed by atoms with E-state index in [1.165, 1.54) is 35.1 Å². The maximum Gasteiger partial charge on any atom is 0.362 e. The molecular weight excluding hydrogens is 404 g/mol. The van der Waals surface area contributed by atoms with Gasteiger partial charge in [-0.25, -0.2) is 23.0 Å². The van der Waals surface area contributed by atoms with Crippen molar-refractivity contribution in [1.29, 1.82) is 5.26 Å². The Labute approximate surface area is 165 Å². The summed E-state index contributed by atoms with van der Waals surface area (Å²) in [5.41, 5.74) is 1.22. The van der Waals surface area contributed by atoms with Crippen molar-refractivity contribution in [3.63, 3.8) is 0 Å². The van der Waals surface area contributed by atoms with Crippen LogP contribution in [-0.4, -0.2) is 24.2 Å². The lowest BCUT2D eigenvalue weighted by molar-refractivity contribution is 0.0723. The Morgan fingerprint density at radius 3 is 2.39 bits per heavy atom. The van der Waals surface area contributed by atoms with Crippen molar-refractivity contribution in [2.75, 3.05) is 0 Å². The largest absolute Gasteiger partial charge is 0.422 e. The molecule has 1 aromatic heterocycles. The van der Waals surface area contributed by atoms with E-state index in [9.17, 15) is 13.2 Å². The molecule has 0 fully saturated rings. The molecule has 28 heavy (non-hydrogen) atoms. The molecule has 3 rings (SSSR count). The highest BCUT2D eigenvalue weighted by Gasteiger charge is 2.22. The SMILES string of the molecule is N#CCn1ncc(-c2ccc(Cl)cc2)c1C(=O)Oc1ccc(S(N)(=O)=O)cc1. The number of nitriles is 1. The first kappa shape index (κ1) is 19.6. The fraction of sp³-hybridized carbons (Fsp3) is 0.0556. The van der Waals surface area contributed by atoms with Crippen LogP contribution in [0.25, 0.3) is 11.1 Å².